The molecule has 0 aliphatic heterocycles. The molecule has 134 valence electrons. The third kappa shape index (κ3) is 6.14. The van der Waals surface area contributed by atoms with Crippen molar-refractivity contribution in [3.05, 3.63) is 59.7 Å². The van der Waals surface area contributed by atoms with Crippen LogP contribution >= 0.6 is 0 Å². The molecule has 1 N–H and O–H groups in total. The van der Waals surface area contributed by atoms with Crippen LogP contribution in [0, 0.1) is 6.92 Å². The molecule has 0 spiro atoms. The monoisotopic (exact) mass is 341 g/mol. The number of ether oxygens (including phenoxy) is 2. The van der Waals surface area contributed by atoms with E-state index in [4.69, 9.17) is 9.47 Å². The lowest BCUT2D eigenvalue weighted by Gasteiger charge is -2.17. The van der Waals surface area contributed by atoms with Gasteiger partial charge in [0.1, 0.15) is 11.5 Å². The van der Waals surface area contributed by atoms with Crippen molar-refractivity contribution in [2.75, 3.05) is 13.7 Å². The molecule has 2 rings (SSSR count). The van der Waals surface area contributed by atoms with Crippen molar-refractivity contribution < 1.29 is 14.3 Å². The highest BCUT2D eigenvalue weighted by atomic mass is 16.5. The minimum atomic E-state index is -0.455. The van der Waals surface area contributed by atoms with Crippen LogP contribution in [0.25, 0.3) is 0 Å². The molecule has 2 aromatic carbocycles. The van der Waals surface area contributed by atoms with Crippen molar-refractivity contribution in [3.8, 4) is 11.5 Å². The van der Waals surface area contributed by atoms with Gasteiger partial charge < -0.3 is 14.8 Å². The van der Waals surface area contributed by atoms with Crippen molar-refractivity contribution >= 4 is 5.91 Å². The summed E-state index contributed by atoms with van der Waals surface area (Å²) in [6.07, 6.45) is 1.99. The third-order valence-corrected chi connectivity index (χ3v) is 4.06. The quantitative estimate of drug-likeness (QED) is 0.704. The number of carbonyl (C=O) groups excluding carboxylic acids is 1. The number of carbonyl (C=O) groups is 1. The Balaban J connectivity index is 1.74. The molecule has 4 heteroatoms. The first kappa shape index (κ1) is 18.8. The first-order chi connectivity index (χ1) is 12.1. The van der Waals surface area contributed by atoms with Gasteiger partial charge in [-0.25, -0.2) is 0 Å². The molecule has 25 heavy (non-hydrogen) atoms. The second kappa shape index (κ2) is 9.72. The average molecular weight is 341 g/mol. The van der Waals surface area contributed by atoms with Crippen LogP contribution in [0.2, 0.25) is 0 Å². The fourth-order valence-electron chi connectivity index (χ4n) is 2.51. The molecule has 1 unspecified atom stereocenters. The lowest BCUT2D eigenvalue weighted by Crippen LogP contribution is -2.38. The van der Waals surface area contributed by atoms with Crippen molar-refractivity contribution in [3.63, 3.8) is 0 Å². The Morgan fingerprint density at radius 1 is 1.04 bits per heavy atom. The predicted molar refractivity (Wildman–Crippen MR) is 100 cm³/mol. The zero-order valence-electron chi connectivity index (χ0n) is 15.2. The predicted octanol–water partition coefficient (Wildman–Crippen LogP) is 3.91. The fourth-order valence-corrected chi connectivity index (χ4v) is 2.51. The summed E-state index contributed by atoms with van der Waals surface area (Å²) >= 11 is 0. The maximum Gasteiger partial charge on any atom is 0.261 e. The Labute approximate surface area is 150 Å². The van der Waals surface area contributed by atoms with Crippen LogP contribution in [0.15, 0.2) is 48.5 Å². The first-order valence-corrected chi connectivity index (χ1v) is 8.76. The largest absolute Gasteiger partial charge is 0.497 e. The molecule has 2 aromatic rings. The summed E-state index contributed by atoms with van der Waals surface area (Å²) < 4.78 is 10.9. The number of amides is 1. The van der Waals surface area contributed by atoms with E-state index in [1.165, 1.54) is 11.1 Å². The normalized spacial score (nSPS) is 11.6. The number of nitrogens with one attached hydrogen (secondary N) is 1. The summed E-state index contributed by atoms with van der Waals surface area (Å²) in [6, 6.07) is 15.8. The van der Waals surface area contributed by atoms with E-state index < -0.39 is 6.10 Å². The van der Waals surface area contributed by atoms with E-state index in [1.807, 2.05) is 50.2 Å². The van der Waals surface area contributed by atoms with Gasteiger partial charge in [0.05, 0.1) is 7.11 Å². The number of methoxy groups -OCH3 is 1. The van der Waals surface area contributed by atoms with E-state index in [2.05, 4.69) is 17.4 Å². The lowest BCUT2D eigenvalue weighted by molar-refractivity contribution is -0.128. The highest BCUT2D eigenvalue weighted by Crippen LogP contribution is 2.15. The molecule has 0 bridgehead atoms. The van der Waals surface area contributed by atoms with E-state index in [0.717, 1.165) is 24.3 Å². The summed E-state index contributed by atoms with van der Waals surface area (Å²) in [5, 5.41) is 2.97. The maximum atomic E-state index is 12.3. The smallest absolute Gasteiger partial charge is 0.261 e. The summed E-state index contributed by atoms with van der Waals surface area (Å²) in [5.41, 5.74) is 2.40. The van der Waals surface area contributed by atoms with Gasteiger partial charge in [0.2, 0.25) is 0 Å². The van der Waals surface area contributed by atoms with Crippen LogP contribution < -0.4 is 14.8 Å². The first-order valence-electron chi connectivity index (χ1n) is 8.76. The second-order valence-electron chi connectivity index (χ2n) is 6.07. The fraction of sp³-hybridized carbons (Fsp3) is 0.381. The van der Waals surface area contributed by atoms with Crippen LogP contribution in [0.5, 0.6) is 11.5 Å². The minimum absolute atomic E-state index is 0.0576. The Bertz CT molecular complexity index is 650. The molecule has 0 aromatic heterocycles. The van der Waals surface area contributed by atoms with Gasteiger partial charge in [0.25, 0.3) is 5.91 Å². The molecular formula is C21H27NO3. The van der Waals surface area contributed by atoms with Gasteiger partial charge in [0.15, 0.2) is 6.10 Å². The molecule has 0 radical (unpaired) electrons. The third-order valence-electron chi connectivity index (χ3n) is 4.06. The van der Waals surface area contributed by atoms with Crippen LogP contribution in [0.4, 0.5) is 0 Å². The van der Waals surface area contributed by atoms with Gasteiger partial charge in [0, 0.05) is 6.54 Å². The average Bonchev–Trinajstić information content (AvgIpc) is 2.65. The second-order valence-corrected chi connectivity index (χ2v) is 6.07. The number of hydrogen-bond acceptors (Lipinski definition) is 3. The number of aryl methyl sites for hydroxylation is 2. The molecule has 0 saturated carbocycles. The van der Waals surface area contributed by atoms with Crippen molar-refractivity contribution in [2.45, 2.75) is 39.2 Å². The molecular weight excluding hydrogens is 314 g/mol. The molecule has 1 atom stereocenters. The Hall–Kier alpha value is -2.49. The molecule has 4 nitrogen and oxygen atoms in total. The van der Waals surface area contributed by atoms with Crippen molar-refractivity contribution in [2.24, 2.45) is 0 Å². The zero-order valence-corrected chi connectivity index (χ0v) is 15.2. The van der Waals surface area contributed by atoms with Crippen LogP contribution in [0.3, 0.4) is 0 Å². The van der Waals surface area contributed by atoms with Crippen LogP contribution in [0.1, 0.15) is 30.9 Å². The molecule has 0 fully saturated rings. The summed E-state index contributed by atoms with van der Waals surface area (Å²) in [6.45, 7) is 4.62. The molecule has 1 amide bonds. The molecule has 0 aliphatic rings. The van der Waals surface area contributed by atoms with E-state index in [1.54, 1.807) is 7.11 Å². The van der Waals surface area contributed by atoms with Crippen LogP contribution in [-0.4, -0.2) is 25.7 Å². The zero-order chi connectivity index (χ0) is 18.1. The summed E-state index contributed by atoms with van der Waals surface area (Å²) in [5.74, 6) is 1.53. The van der Waals surface area contributed by atoms with E-state index in [9.17, 15) is 4.79 Å². The van der Waals surface area contributed by atoms with Gasteiger partial charge in [-0.1, -0.05) is 36.8 Å². The Morgan fingerprint density at radius 2 is 1.68 bits per heavy atom. The highest BCUT2D eigenvalue weighted by Gasteiger charge is 2.17. The number of hydrogen-bond donors (Lipinski definition) is 1. The van der Waals surface area contributed by atoms with E-state index in [0.29, 0.717) is 13.0 Å². The van der Waals surface area contributed by atoms with Gasteiger partial charge in [-0.3, -0.25) is 4.79 Å². The maximum absolute atomic E-state index is 12.3. The lowest BCUT2D eigenvalue weighted by atomic mass is 10.1. The minimum Gasteiger partial charge on any atom is -0.497 e. The summed E-state index contributed by atoms with van der Waals surface area (Å²) in [4.78, 5) is 12.3. The highest BCUT2D eigenvalue weighted by molar-refractivity contribution is 5.81. The van der Waals surface area contributed by atoms with Gasteiger partial charge in [-0.15, -0.1) is 0 Å². The van der Waals surface area contributed by atoms with E-state index in [-0.39, 0.29) is 5.91 Å². The molecule has 0 saturated heterocycles. The van der Waals surface area contributed by atoms with Crippen molar-refractivity contribution in [1.29, 1.82) is 0 Å². The van der Waals surface area contributed by atoms with Crippen LogP contribution in [-0.2, 0) is 11.2 Å². The molecule has 0 heterocycles. The van der Waals surface area contributed by atoms with Crippen molar-refractivity contribution in [1.82, 2.24) is 5.32 Å². The topological polar surface area (TPSA) is 47.6 Å². The number of benzene rings is 2. The SMILES string of the molecule is CCC(Oc1ccc(C)cc1)C(=O)NCCCc1ccc(OC)cc1. The van der Waals surface area contributed by atoms with Gasteiger partial charge in [-0.2, -0.15) is 0 Å². The van der Waals surface area contributed by atoms with Gasteiger partial charge >= 0.3 is 0 Å². The number of rotatable bonds is 9. The Morgan fingerprint density at radius 3 is 2.28 bits per heavy atom. The van der Waals surface area contributed by atoms with Gasteiger partial charge in [-0.05, 0) is 56.0 Å². The molecule has 0 aliphatic carbocycles. The standard InChI is InChI=1S/C21H27NO3/c1-4-20(25-19-11-7-16(2)8-12-19)21(23)22-15-5-6-17-9-13-18(24-3)14-10-17/h7-14,20H,4-6,15H2,1-3H3,(H,22,23). The summed E-state index contributed by atoms with van der Waals surface area (Å²) in [7, 11) is 1.66. The van der Waals surface area contributed by atoms with E-state index >= 15 is 0 Å². The Kier molecular flexibility index (Phi) is 7.33.